The standard InChI is InChI=1S/C24H38N2O2/c1-6-8-9-10-14-26(13-7-2)18-20-11-12-25-22(15-20)21-16-23(27-4)19(3)24(17-21)28-5/h11-12,15-17,22,25H,6-10,13-14,18H2,1-5H3. The minimum atomic E-state index is 0.131. The molecule has 1 heterocycles. The fourth-order valence-corrected chi connectivity index (χ4v) is 3.77. The van der Waals surface area contributed by atoms with E-state index in [1.807, 2.05) is 6.92 Å². The van der Waals surface area contributed by atoms with Gasteiger partial charge in [-0.05, 0) is 68.4 Å². The summed E-state index contributed by atoms with van der Waals surface area (Å²) in [5, 5.41) is 3.47. The summed E-state index contributed by atoms with van der Waals surface area (Å²) in [5.74, 6) is 1.73. The molecule has 1 aliphatic rings. The van der Waals surface area contributed by atoms with Crippen LogP contribution in [0.4, 0.5) is 0 Å². The van der Waals surface area contributed by atoms with Crippen molar-refractivity contribution >= 4 is 0 Å². The first-order valence-corrected chi connectivity index (χ1v) is 10.7. The van der Waals surface area contributed by atoms with Gasteiger partial charge >= 0.3 is 0 Å². The van der Waals surface area contributed by atoms with Gasteiger partial charge in [-0.15, -0.1) is 0 Å². The Morgan fingerprint density at radius 2 is 1.68 bits per heavy atom. The number of nitrogens with one attached hydrogen (secondary N) is 1. The molecule has 0 spiro atoms. The van der Waals surface area contributed by atoms with Crippen molar-refractivity contribution in [3.63, 3.8) is 0 Å². The van der Waals surface area contributed by atoms with Crippen LogP contribution < -0.4 is 14.8 Å². The molecule has 1 aromatic rings. The van der Waals surface area contributed by atoms with Gasteiger partial charge in [-0.1, -0.05) is 39.2 Å². The van der Waals surface area contributed by atoms with Crippen LogP contribution >= 0.6 is 0 Å². The number of methoxy groups -OCH3 is 2. The van der Waals surface area contributed by atoms with Crippen molar-refractivity contribution in [3.05, 3.63) is 47.2 Å². The van der Waals surface area contributed by atoms with Crippen LogP contribution in [-0.2, 0) is 0 Å². The van der Waals surface area contributed by atoms with Gasteiger partial charge in [-0.3, -0.25) is 4.90 Å². The summed E-state index contributed by atoms with van der Waals surface area (Å²) in [6, 6.07) is 4.35. The Balaban J connectivity index is 2.11. The Labute approximate surface area is 171 Å². The molecule has 0 amide bonds. The van der Waals surface area contributed by atoms with E-state index in [0.717, 1.165) is 35.7 Å². The molecule has 4 nitrogen and oxygen atoms in total. The van der Waals surface area contributed by atoms with Gasteiger partial charge in [0.05, 0.1) is 20.3 Å². The second-order valence-electron chi connectivity index (χ2n) is 7.61. The average molecular weight is 387 g/mol. The van der Waals surface area contributed by atoms with Crippen LogP contribution in [0.1, 0.15) is 63.1 Å². The van der Waals surface area contributed by atoms with E-state index < -0.39 is 0 Å². The monoisotopic (exact) mass is 386 g/mol. The maximum Gasteiger partial charge on any atom is 0.125 e. The molecule has 0 saturated carbocycles. The maximum atomic E-state index is 5.55. The lowest BCUT2D eigenvalue weighted by atomic mass is 9.99. The van der Waals surface area contributed by atoms with E-state index >= 15 is 0 Å². The van der Waals surface area contributed by atoms with E-state index in [1.54, 1.807) is 14.2 Å². The van der Waals surface area contributed by atoms with Crippen molar-refractivity contribution in [2.45, 2.75) is 58.9 Å². The number of hydrogen-bond donors (Lipinski definition) is 1. The Kier molecular flexibility index (Phi) is 9.42. The highest BCUT2D eigenvalue weighted by Crippen LogP contribution is 2.33. The molecule has 0 fully saturated rings. The van der Waals surface area contributed by atoms with Crippen molar-refractivity contribution < 1.29 is 9.47 Å². The SMILES string of the molecule is CCCCCCN(CCC)CC1=CC(c2cc(OC)c(C)c(OC)c2)NC=C1. The summed E-state index contributed by atoms with van der Waals surface area (Å²) < 4.78 is 11.1. The van der Waals surface area contributed by atoms with Crippen molar-refractivity contribution in [2.24, 2.45) is 0 Å². The van der Waals surface area contributed by atoms with Gasteiger partial charge < -0.3 is 14.8 Å². The predicted molar refractivity (Wildman–Crippen MR) is 118 cm³/mol. The molecule has 1 aromatic carbocycles. The third-order valence-corrected chi connectivity index (χ3v) is 5.36. The zero-order valence-corrected chi connectivity index (χ0v) is 18.4. The fourth-order valence-electron chi connectivity index (χ4n) is 3.77. The highest BCUT2D eigenvalue weighted by molar-refractivity contribution is 5.49. The molecule has 0 bridgehead atoms. The third-order valence-electron chi connectivity index (χ3n) is 5.36. The lowest BCUT2D eigenvalue weighted by molar-refractivity contribution is 0.290. The number of dihydropyridines is 1. The normalized spacial score (nSPS) is 16.1. The average Bonchev–Trinajstić information content (AvgIpc) is 2.71. The Bertz CT molecular complexity index is 642. The van der Waals surface area contributed by atoms with Crippen LogP contribution in [0.3, 0.4) is 0 Å². The van der Waals surface area contributed by atoms with Gasteiger partial charge in [-0.2, -0.15) is 0 Å². The summed E-state index contributed by atoms with van der Waals surface area (Å²) in [7, 11) is 3.42. The molecule has 0 radical (unpaired) electrons. The number of rotatable bonds is 12. The zero-order chi connectivity index (χ0) is 20.4. The molecule has 0 saturated heterocycles. The van der Waals surface area contributed by atoms with Crippen molar-refractivity contribution in [1.82, 2.24) is 10.2 Å². The largest absolute Gasteiger partial charge is 0.496 e. The van der Waals surface area contributed by atoms with Gasteiger partial charge in [0.1, 0.15) is 11.5 Å². The molecule has 4 heteroatoms. The molecular formula is C24H38N2O2. The second kappa shape index (κ2) is 11.8. The molecule has 156 valence electrons. The molecule has 0 aromatic heterocycles. The van der Waals surface area contributed by atoms with E-state index in [4.69, 9.17) is 9.47 Å². The van der Waals surface area contributed by atoms with Crippen molar-refractivity contribution in [1.29, 1.82) is 0 Å². The lowest BCUT2D eigenvalue weighted by Crippen LogP contribution is -2.29. The molecule has 1 atom stereocenters. The molecular weight excluding hydrogens is 348 g/mol. The molecule has 1 aliphatic heterocycles. The van der Waals surface area contributed by atoms with E-state index in [9.17, 15) is 0 Å². The van der Waals surface area contributed by atoms with Crippen LogP contribution in [0.2, 0.25) is 0 Å². The van der Waals surface area contributed by atoms with Crippen LogP contribution in [0.25, 0.3) is 0 Å². The number of unbranched alkanes of at least 4 members (excludes halogenated alkanes) is 3. The quantitative estimate of drug-likeness (QED) is 0.488. The highest BCUT2D eigenvalue weighted by Gasteiger charge is 2.17. The first kappa shape index (κ1) is 22.4. The summed E-state index contributed by atoms with van der Waals surface area (Å²) in [6.07, 6.45) is 13.0. The zero-order valence-electron chi connectivity index (χ0n) is 18.4. The van der Waals surface area contributed by atoms with Crippen LogP contribution in [0, 0.1) is 6.92 Å². The number of benzene rings is 1. The van der Waals surface area contributed by atoms with E-state index in [0.29, 0.717) is 0 Å². The topological polar surface area (TPSA) is 33.7 Å². The van der Waals surface area contributed by atoms with Gasteiger partial charge in [-0.25, -0.2) is 0 Å². The van der Waals surface area contributed by atoms with E-state index in [1.165, 1.54) is 44.2 Å². The fraction of sp³-hybridized carbons (Fsp3) is 0.583. The molecule has 2 rings (SSSR count). The third kappa shape index (κ3) is 6.30. The smallest absolute Gasteiger partial charge is 0.125 e. The van der Waals surface area contributed by atoms with Crippen LogP contribution in [0.5, 0.6) is 11.5 Å². The second-order valence-corrected chi connectivity index (χ2v) is 7.61. The minimum absolute atomic E-state index is 0.131. The summed E-state index contributed by atoms with van der Waals surface area (Å²) in [6.45, 7) is 9.90. The highest BCUT2D eigenvalue weighted by atomic mass is 16.5. The molecule has 0 aliphatic carbocycles. The van der Waals surface area contributed by atoms with Gasteiger partial charge in [0.2, 0.25) is 0 Å². The van der Waals surface area contributed by atoms with Gasteiger partial charge in [0, 0.05) is 12.1 Å². The Morgan fingerprint density at radius 3 is 2.29 bits per heavy atom. The molecule has 28 heavy (non-hydrogen) atoms. The lowest BCUT2D eigenvalue weighted by Gasteiger charge is -2.26. The Morgan fingerprint density at radius 1 is 0.964 bits per heavy atom. The summed E-state index contributed by atoms with van der Waals surface area (Å²) >= 11 is 0. The first-order valence-electron chi connectivity index (χ1n) is 10.7. The van der Waals surface area contributed by atoms with Crippen LogP contribution in [0.15, 0.2) is 36.1 Å². The van der Waals surface area contributed by atoms with Crippen molar-refractivity contribution in [2.75, 3.05) is 33.9 Å². The van der Waals surface area contributed by atoms with Crippen LogP contribution in [-0.4, -0.2) is 38.8 Å². The first-order chi connectivity index (χ1) is 13.6. The predicted octanol–water partition coefficient (Wildman–Crippen LogP) is 5.39. The number of nitrogens with zero attached hydrogens (tertiary/aromatic N) is 1. The molecule has 1 unspecified atom stereocenters. The summed E-state index contributed by atoms with van der Waals surface area (Å²) in [5.41, 5.74) is 3.56. The number of hydrogen-bond acceptors (Lipinski definition) is 4. The van der Waals surface area contributed by atoms with Gasteiger partial charge in [0.25, 0.3) is 0 Å². The molecule has 1 N–H and O–H groups in total. The maximum absolute atomic E-state index is 5.55. The summed E-state index contributed by atoms with van der Waals surface area (Å²) in [4.78, 5) is 2.59. The Hall–Kier alpha value is -1.94. The number of ether oxygens (including phenoxy) is 2. The minimum Gasteiger partial charge on any atom is -0.496 e. The van der Waals surface area contributed by atoms with Crippen molar-refractivity contribution in [3.8, 4) is 11.5 Å². The van der Waals surface area contributed by atoms with E-state index in [-0.39, 0.29) is 6.04 Å². The van der Waals surface area contributed by atoms with Gasteiger partial charge in [0.15, 0.2) is 0 Å². The van der Waals surface area contributed by atoms with E-state index in [2.05, 4.69) is 54.5 Å².